The van der Waals surface area contributed by atoms with Gasteiger partial charge in [0.2, 0.25) is 5.95 Å². The maximum absolute atomic E-state index is 14.4. The molecule has 1 aliphatic heterocycles. The molecular weight excluding hydrogens is 457 g/mol. The molecular formula is C23H28FN7O2S. The van der Waals surface area contributed by atoms with Crippen LogP contribution in [0.4, 0.5) is 16.0 Å². The number of nitrogens with zero attached hydrogens (tertiary/aromatic N) is 6. The van der Waals surface area contributed by atoms with Crippen molar-refractivity contribution in [3.8, 4) is 11.4 Å². The third kappa shape index (κ3) is 4.72. The van der Waals surface area contributed by atoms with Crippen LogP contribution in [0.1, 0.15) is 5.82 Å². The Morgan fingerprint density at radius 3 is 2.35 bits per heavy atom. The lowest BCUT2D eigenvalue weighted by molar-refractivity contribution is 0.154. The number of sulfone groups is 1. The van der Waals surface area contributed by atoms with E-state index in [-0.39, 0.29) is 16.5 Å². The molecule has 1 N–H and O–H groups in total. The maximum atomic E-state index is 14.4. The molecule has 4 rings (SSSR count). The first kappa shape index (κ1) is 24.0. The van der Waals surface area contributed by atoms with Gasteiger partial charge in [0.15, 0.2) is 15.7 Å². The zero-order chi connectivity index (χ0) is 24.5. The minimum atomic E-state index is -3.64. The van der Waals surface area contributed by atoms with E-state index in [1.807, 2.05) is 18.9 Å². The van der Waals surface area contributed by atoms with Gasteiger partial charge in [-0.1, -0.05) is 6.08 Å². The van der Waals surface area contributed by atoms with Crippen molar-refractivity contribution >= 4 is 21.5 Å². The molecule has 1 unspecified atom stereocenters. The van der Waals surface area contributed by atoms with Gasteiger partial charge in [0.1, 0.15) is 16.9 Å². The Bertz CT molecular complexity index is 1280. The fourth-order valence-electron chi connectivity index (χ4n) is 3.87. The Hall–Kier alpha value is -3.15. The van der Waals surface area contributed by atoms with E-state index in [0.717, 1.165) is 25.1 Å². The molecule has 11 heteroatoms. The first-order chi connectivity index (χ1) is 16.2. The zero-order valence-electron chi connectivity index (χ0n) is 19.4. The molecule has 34 heavy (non-hydrogen) atoms. The number of aromatic nitrogens is 4. The summed E-state index contributed by atoms with van der Waals surface area (Å²) in [6, 6.07) is 6.35. The summed E-state index contributed by atoms with van der Waals surface area (Å²) >= 11 is 0. The van der Waals surface area contributed by atoms with E-state index >= 15 is 0 Å². The summed E-state index contributed by atoms with van der Waals surface area (Å²) in [4.78, 5) is 16.8. The van der Waals surface area contributed by atoms with E-state index in [1.165, 1.54) is 6.08 Å². The van der Waals surface area contributed by atoms with Crippen LogP contribution in [-0.2, 0) is 16.9 Å². The molecule has 1 aromatic carbocycles. The Kier molecular flexibility index (Phi) is 6.78. The van der Waals surface area contributed by atoms with Crippen molar-refractivity contribution < 1.29 is 12.8 Å². The number of halogens is 1. The molecule has 0 radical (unpaired) electrons. The van der Waals surface area contributed by atoms with Crippen molar-refractivity contribution in [3.63, 3.8) is 0 Å². The van der Waals surface area contributed by atoms with E-state index in [0.29, 0.717) is 24.5 Å². The molecule has 1 atom stereocenters. The number of hydrogen-bond acceptors (Lipinski definition) is 8. The molecule has 0 bridgehead atoms. The van der Waals surface area contributed by atoms with Crippen molar-refractivity contribution in [2.45, 2.75) is 17.2 Å². The van der Waals surface area contributed by atoms with Crippen LogP contribution < -0.4 is 5.32 Å². The highest BCUT2D eigenvalue weighted by Crippen LogP contribution is 2.25. The van der Waals surface area contributed by atoms with Gasteiger partial charge in [-0.15, -0.1) is 6.58 Å². The number of nitrogens with one attached hydrogen (secondary N) is 1. The number of anilines is 2. The molecule has 1 saturated heterocycles. The van der Waals surface area contributed by atoms with Crippen molar-refractivity contribution in [1.82, 2.24) is 29.3 Å². The molecule has 1 aliphatic rings. The van der Waals surface area contributed by atoms with Gasteiger partial charge in [0, 0.05) is 38.9 Å². The standard InChI is InChI=1S/C23H28FN7O2S/c1-5-21(31-12-10-29(3)11-13-31)34(32,33)18-8-6-17(7-9-18)27-23-26-14-19(24)22(28-23)20-15-25-16(2)30(20)4/h5-9,14-15,21H,1,10-13H2,2-4H3,(H,26,27,28). The van der Waals surface area contributed by atoms with Crippen LogP contribution in [0, 0.1) is 12.7 Å². The molecule has 0 amide bonds. The highest BCUT2D eigenvalue weighted by molar-refractivity contribution is 7.92. The van der Waals surface area contributed by atoms with Crippen LogP contribution in [0.3, 0.4) is 0 Å². The quantitative estimate of drug-likeness (QED) is 0.510. The van der Waals surface area contributed by atoms with Gasteiger partial charge in [0.25, 0.3) is 0 Å². The molecule has 3 aromatic rings. The number of aryl methyl sites for hydroxylation is 1. The normalized spacial score (nSPS) is 16.4. The number of imidazole rings is 1. The molecule has 3 heterocycles. The van der Waals surface area contributed by atoms with Crippen LogP contribution in [0.2, 0.25) is 0 Å². The average molecular weight is 486 g/mol. The van der Waals surface area contributed by atoms with Crippen LogP contribution in [0.5, 0.6) is 0 Å². The van der Waals surface area contributed by atoms with Crippen molar-refractivity contribution in [1.29, 1.82) is 0 Å². The monoisotopic (exact) mass is 485 g/mol. The number of rotatable bonds is 7. The lowest BCUT2D eigenvalue weighted by atomic mass is 10.3. The lowest BCUT2D eigenvalue weighted by Crippen LogP contribution is -2.50. The lowest BCUT2D eigenvalue weighted by Gasteiger charge is -2.36. The number of piperazine rings is 1. The zero-order valence-corrected chi connectivity index (χ0v) is 20.3. The summed E-state index contributed by atoms with van der Waals surface area (Å²) in [6.07, 6.45) is 4.14. The number of hydrogen-bond donors (Lipinski definition) is 1. The van der Waals surface area contributed by atoms with Gasteiger partial charge in [-0.25, -0.2) is 27.8 Å². The van der Waals surface area contributed by atoms with Crippen molar-refractivity contribution in [2.24, 2.45) is 7.05 Å². The van der Waals surface area contributed by atoms with Gasteiger partial charge in [-0.05, 0) is 38.2 Å². The van der Waals surface area contributed by atoms with Crippen molar-refractivity contribution in [3.05, 3.63) is 61.0 Å². The first-order valence-electron chi connectivity index (χ1n) is 10.9. The summed E-state index contributed by atoms with van der Waals surface area (Å²) < 4.78 is 42.6. The van der Waals surface area contributed by atoms with Gasteiger partial charge in [-0.3, -0.25) is 4.90 Å². The summed E-state index contributed by atoms with van der Waals surface area (Å²) in [7, 11) is 0.164. The van der Waals surface area contributed by atoms with Gasteiger partial charge in [0.05, 0.1) is 23.0 Å². The van der Waals surface area contributed by atoms with E-state index in [2.05, 4.69) is 31.7 Å². The van der Waals surface area contributed by atoms with E-state index < -0.39 is 21.0 Å². The predicted octanol–water partition coefficient (Wildman–Crippen LogP) is 2.60. The van der Waals surface area contributed by atoms with E-state index in [1.54, 1.807) is 42.1 Å². The van der Waals surface area contributed by atoms with Crippen LogP contribution in [-0.4, -0.2) is 76.3 Å². The fraction of sp³-hybridized carbons (Fsp3) is 0.348. The van der Waals surface area contributed by atoms with Crippen LogP contribution >= 0.6 is 0 Å². The largest absolute Gasteiger partial charge is 0.330 e. The molecule has 0 aliphatic carbocycles. The maximum Gasteiger partial charge on any atom is 0.227 e. The Morgan fingerprint density at radius 1 is 1.09 bits per heavy atom. The Morgan fingerprint density at radius 2 is 1.76 bits per heavy atom. The highest BCUT2D eigenvalue weighted by Gasteiger charge is 2.32. The number of benzene rings is 1. The highest BCUT2D eigenvalue weighted by atomic mass is 32.2. The molecule has 2 aromatic heterocycles. The third-order valence-corrected chi connectivity index (χ3v) is 8.12. The third-order valence-electron chi connectivity index (χ3n) is 6.06. The van der Waals surface area contributed by atoms with E-state index in [4.69, 9.17) is 0 Å². The molecule has 0 saturated carbocycles. The van der Waals surface area contributed by atoms with E-state index in [9.17, 15) is 12.8 Å². The van der Waals surface area contributed by atoms with Crippen LogP contribution in [0.15, 0.2) is 54.2 Å². The SMILES string of the molecule is C=CC(N1CCN(C)CC1)S(=O)(=O)c1ccc(Nc2ncc(F)c(-c3cnc(C)n3C)n2)cc1. The molecule has 0 spiro atoms. The van der Waals surface area contributed by atoms with Crippen molar-refractivity contribution in [2.75, 3.05) is 38.5 Å². The minimum Gasteiger partial charge on any atom is -0.330 e. The molecule has 9 nitrogen and oxygen atoms in total. The molecule has 180 valence electrons. The van der Waals surface area contributed by atoms with Crippen LogP contribution in [0.25, 0.3) is 11.4 Å². The van der Waals surface area contributed by atoms with Gasteiger partial charge >= 0.3 is 0 Å². The number of likely N-dealkylation sites (N-methyl/N-ethyl adjacent to an activating group) is 1. The summed E-state index contributed by atoms with van der Waals surface area (Å²) in [5, 5.41) is 2.22. The molecule has 1 fully saturated rings. The Labute approximate surface area is 198 Å². The Balaban J connectivity index is 1.53. The predicted molar refractivity (Wildman–Crippen MR) is 129 cm³/mol. The summed E-state index contributed by atoms with van der Waals surface area (Å²) in [5.41, 5.74) is 1.23. The second-order valence-electron chi connectivity index (χ2n) is 8.30. The average Bonchev–Trinajstić information content (AvgIpc) is 3.15. The first-order valence-corrected chi connectivity index (χ1v) is 12.4. The smallest absolute Gasteiger partial charge is 0.227 e. The minimum absolute atomic E-state index is 0.126. The summed E-state index contributed by atoms with van der Waals surface area (Å²) in [5.74, 6) is 0.357. The fourth-order valence-corrected chi connectivity index (χ4v) is 5.52. The second kappa shape index (κ2) is 9.61. The van der Waals surface area contributed by atoms with Gasteiger partial charge in [-0.2, -0.15) is 0 Å². The second-order valence-corrected chi connectivity index (χ2v) is 10.3. The topological polar surface area (TPSA) is 96.3 Å². The van der Waals surface area contributed by atoms with Gasteiger partial charge < -0.3 is 14.8 Å². The summed E-state index contributed by atoms with van der Waals surface area (Å²) in [6.45, 7) is 8.52.